The number of anilines is 3. The molecule has 0 unspecified atom stereocenters. The molecule has 0 bridgehead atoms. The number of nitrogens with one attached hydrogen (secondary N) is 2. The van der Waals surface area contributed by atoms with Crippen LogP contribution in [0.4, 0.5) is 17.1 Å². The molecule has 45 heavy (non-hydrogen) atoms. The second kappa shape index (κ2) is 14.0. The largest absolute Gasteiger partial charge is 0.497 e. The summed E-state index contributed by atoms with van der Waals surface area (Å²) >= 11 is 5.86. The molecule has 0 saturated carbocycles. The molecule has 0 spiro atoms. The summed E-state index contributed by atoms with van der Waals surface area (Å²) in [7, 11) is -2.78. The van der Waals surface area contributed by atoms with Crippen molar-refractivity contribution in [2.45, 2.75) is 9.79 Å². The highest BCUT2D eigenvalue weighted by Gasteiger charge is 2.31. The van der Waals surface area contributed by atoms with Crippen LogP contribution in [-0.4, -0.2) is 57.7 Å². The lowest BCUT2D eigenvalue weighted by molar-refractivity contribution is -0.114. The highest BCUT2D eigenvalue weighted by Crippen LogP contribution is 2.37. The van der Waals surface area contributed by atoms with Gasteiger partial charge in [0.15, 0.2) is 11.5 Å². The van der Waals surface area contributed by atoms with Gasteiger partial charge < -0.3 is 24.3 Å². The van der Waals surface area contributed by atoms with Crippen LogP contribution in [0.5, 0.6) is 23.0 Å². The molecule has 0 aromatic heterocycles. The van der Waals surface area contributed by atoms with E-state index in [1.54, 1.807) is 18.2 Å². The third-order valence-electron chi connectivity index (χ3n) is 6.43. The van der Waals surface area contributed by atoms with Gasteiger partial charge in [-0.25, -0.2) is 16.8 Å². The van der Waals surface area contributed by atoms with Crippen LogP contribution < -0.4 is 33.3 Å². The van der Waals surface area contributed by atoms with Gasteiger partial charge in [-0.05, 0) is 72.8 Å². The number of amides is 1. The van der Waals surface area contributed by atoms with Crippen LogP contribution >= 0.6 is 11.6 Å². The molecule has 1 amide bonds. The first-order valence-electron chi connectivity index (χ1n) is 13.1. The number of nitrogens with zero attached hydrogens (tertiary/aromatic N) is 1. The van der Waals surface area contributed by atoms with Gasteiger partial charge in [0.05, 0.1) is 43.9 Å². The number of hydrogen-bond acceptors (Lipinski definition) is 9. The van der Waals surface area contributed by atoms with Crippen molar-refractivity contribution in [3.8, 4) is 23.0 Å². The molecule has 15 heteroatoms. The SMILES string of the molecule is COc1ccc(OC)c(N(CC(=O)Nc2ccc(S(=O)(=O)Nc3ccc(Cl)cc3)cc2)S(=O)(=O)c2ccc(OC)c(OC)c2)c1. The molecule has 0 saturated heterocycles. The molecular formula is C30H30ClN3O9S2. The van der Waals surface area contributed by atoms with E-state index in [1.807, 2.05) is 0 Å². The molecule has 0 fully saturated rings. The fourth-order valence-electron chi connectivity index (χ4n) is 4.18. The van der Waals surface area contributed by atoms with Crippen LogP contribution in [-0.2, 0) is 24.8 Å². The topological polar surface area (TPSA) is 150 Å². The molecule has 0 heterocycles. The maximum absolute atomic E-state index is 14.1. The Kier molecular flexibility index (Phi) is 10.3. The van der Waals surface area contributed by atoms with Gasteiger partial charge in [-0.15, -0.1) is 0 Å². The number of hydrogen-bond donors (Lipinski definition) is 2. The zero-order valence-corrected chi connectivity index (χ0v) is 27.0. The number of halogens is 1. The van der Waals surface area contributed by atoms with Crippen molar-refractivity contribution in [1.82, 2.24) is 0 Å². The molecular weight excluding hydrogens is 646 g/mol. The van der Waals surface area contributed by atoms with Crippen molar-refractivity contribution >= 4 is 54.6 Å². The maximum atomic E-state index is 14.1. The van der Waals surface area contributed by atoms with E-state index in [0.29, 0.717) is 22.2 Å². The zero-order valence-electron chi connectivity index (χ0n) is 24.6. The first kappa shape index (κ1) is 33.2. The Labute approximate surface area is 266 Å². The summed E-state index contributed by atoms with van der Waals surface area (Å²) in [6.07, 6.45) is 0. The van der Waals surface area contributed by atoms with Crippen LogP contribution in [0.1, 0.15) is 0 Å². The minimum atomic E-state index is -4.41. The molecule has 0 radical (unpaired) electrons. The third-order valence-corrected chi connectivity index (χ3v) is 9.83. The average Bonchev–Trinajstić information content (AvgIpc) is 3.04. The number of benzene rings is 4. The number of carbonyl (C=O) groups is 1. The van der Waals surface area contributed by atoms with Crippen LogP contribution in [0.25, 0.3) is 0 Å². The van der Waals surface area contributed by atoms with E-state index < -0.39 is 32.5 Å². The van der Waals surface area contributed by atoms with E-state index in [2.05, 4.69) is 10.0 Å². The number of methoxy groups -OCH3 is 4. The van der Waals surface area contributed by atoms with Crippen molar-refractivity contribution in [2.75, 3.05) is 49.3 Å². The van der Waals surface area contributed by atoms with E-state index in [4.69, 9.17) is 30.5 Å². The molecule has 4 aromatic carbocycles. The summed E-state index contributed by atoms with van der Waals surface area (Å²) in [5, 5.41) is 3.07. The fourth-order valence-corrected chi connectivity index (χ4v) is 6.80. The molecule has 0 atom stereocenters. The minimum absolute atomic E-state index is 0.0384. The molecule has 2 N–H and O–H groups in total. The average molecular weight is 676 g/mol. The molecule has 12 nitrogen and oxygen atoms in total. The van der Waals surface area contributed by atoms with Gasteiger partial charge >= 0.3 is 0 Å². The van der Waals surface area contributed by atoms with Crippen LogP contribution in [0.3, 0.4) is 0 Å². The summed E-state index contributed by atoms with van der Waals surface area (Å²) in [5.74, 6) is 0.242. The zero-order chi connectivity index (χ0) is 32.8. The second-order valence-electron chi connectivity index (χ2n) is 9.25. The van der Waals surface area contributed by atoms with E-state index in [9.17, 15) is 21.6 Å². The van der Waals surface area contributed by atoms with Gasteiger partial charge in [0.25, 0.3) is 20.0 Å². The Bertz CT molecular complexity index is 1890. The Morgan fingerprint density at radius 3 is 1.87 bits per heavy atom. The van der Waals surface area contributed by atoms with Gasteiger partial charge in [-0.1, -0.05) is 11.6 Å². The molecule has 0 aliphatic rings. The highest BCUT2D eigenvalue weighted by atomic mass is 35.5. The van der Waals surface area contributed by atoms with Crippen LogP contribution in [0.15, 0.2) is 94.7 Å². The standard InChI is InChI=1S/C30H30ClN3O9S2/c1-40-23-11-15-27(41-2)26(17-23)34(45(38,39)25-14-16-28(42-3)29(18-25)43-4)19-30(35)32-21-9-12-24(13-10-21)44(36,37)33-22-7-5-20(31)6-8-22/h5-18,33H,19H2,1-4H3,(H,32,35). The van der Waals surface area contributed by atoms with Gasteiger partial charge in [0, 0.05) is 28.5 Å². The number of carbonyl (C=O) groups excluding carboxylic acids is 1. The minimum Gasteiger partial charge on any atom is -0.497 e. The molecule has 0 aliphatic carbocycles. The lowest BCUT2D eigenvalue weighted by atomic mass is 10.2. The normalized spacial score (nSPS) is 11.3. The Hall–Kier alpha value is -4.66. The van der Waals surface area contributed by atoms with Gasteiger partial charge in [0.2, 0.25) is 5.91 Å². The smallest absolute Gasteiger partial charge is 0.265 e. The number of sulfonamides is 2. The fraction of sp³-hybridized carbons (Fsp3) is 0.167. The van der Waals surface area contributed by atoms with Crippen LogP contribution in [0, 0.1) is 0 Å². The maximum Gasteiger partial charge on any atom is 0.265 e. The lowest BCUT2D eigenvalue weighted by Gasteiger charge is -2.26. The molecule has 0 aliphatic heterocycles. The van der Waals surface area contributed by atoms with Crippen molar-refractivity contribution in [3.05, 3.63) is 90.0 Å². The van der Waals surface area contributed by atoms with E-state index >= 15 is 0 Å². The lowest BCUT2D eigenvalue weighted by Crippen LogP contribution is -2.38. The number of ether oxygens (including phenoxy) is 4. The summed E-state index contributed by atoms with van der Waals surface area (Å²) in [4.78, 5) is 13.1. The summed E-state index contributed by atoms with van der Waals surface area (Å²) in [6.45, 7) is -0.682. The van der Waals surface area contributed by atoms with Crippen molar-refractivity contribution < 1.29 is 40.6 Å². The summed E-state index contributed by atoms with van der Waals surface area (Å²) < 4.78 is 78.3. The third kappa shape index (κ3) is 7.71. The van der Waals surface area contributed by atoms with Gasteiger partial charge in [-0.3, -0.25) is 13.8 Å². The highest BCUT2D eigenvalue weighted by molar-refractivity contribution is 7.93. The monoisotopic (exact) mass is 675 g/mol. The van der Waals surface area contributed by atoms with E-state index in [-0.39, 0.29) is 32.7 Å². The Morgan fingerprint density at radius 1 is 0.689 bits per heavy atom. The quantitative estimate of drug-likeness (QED) is 0.199. The van der Waals surface area contributed by atoms with Gasteiger partial charge in [-0.2, -0.15) is 0 Å². The Balaban J connectivity index is 1.63. The Morgan fingerprint density at radius 2 is 1.27 bits per heavy atom. The predicted molar refractivity (Wildman–Crippen MR) is 171 cm³/mol. The second-order valence-corrected chi connectivity index (χ2v) is 13.2. The van der Waals surface area contributed by atoms with Crippen molar-refractivity contribution in [2.24, 2.45) is 0 Å². The molecule has 4 rings (SSSR count). The predicted octanol–water partition coefficient (Wildman–Crippen LogP) is 5.01. The first-order valence-corrected chi connectivity index (χ1v) is 16.4. The first-order chi connectivity index (χ1) is 21.4. The van der Waals surface area contributed by atoms with Gasteiger partial charge in [0.1, 0.15) is 18.0 Å². The molecule has 4 aromatic rings. The van der Waals surface area contributed by atoms with E-state index in [1.165, 1.54) is 95.2 Å². The van der Waals surface area contributed by atoms with Crippen LogP contribution in [0.2, 0.25) is 5.02 Å². The van der Waals surface area contributed by atoms with Crippen molar-refractivity contribution in [3.63, 3.8) is 0 Å². The summed E-state index contributed by atoms with van der Waals surface area (Å²) in [6, 6.07) is 20.1. The van der Waals surface area contributed by atoms with Crippen molar-refractivity contribution in [1.29, 1.82) is 0 Å². The molecule has 238 valence electrons. The number of rotatable bonds is 13. The summed E-state index contributed by atoms with van der Waals surface area (Å²) in [5.41, 5.74) is 0.587. The van der Waals surface area contributed by atoms with E-state index in [0.717, 1.165) is 4.31 Å².